The molecule has 0 aromatic heterocycles. The molecule has 0 saturated carbocycles. The molecular weight excluding hydrogens is 274 g/mol. The van der Waals surface area contributed by atoms with Crippen molar-refractivity contribution in [3.8, 4) is 0 Å². The highest BCUT2D eigenvalue weighted by atomic mass is 16.5. The summed E-state index contributed by atoms with van der Waals surface area (Å²) in [6, 6.07) is 10.6. The van der Waals surface area contributed by atoms with Gasteiger partial charge in [-0.3, -0.25) is 4.79 Å². The highest BCUT2D eigenvalue weighted by Gasteiger charge is 2.18. The van der Waals surface area contributed by atoms with Gasteiger partial charge in [0.1, 0.15) is 0 Å². The zero-order chi connectivity index (χ0) is 16.4. The van der Waals surface area contributed by atoms with Crippen molar-refractivity contribution in [2.45, 2.75) is 59.2 Å². The summed E-state index contributed by atoms with van der Waals surface area (Å²) in [5.41, 5.74) is 1.19. The summed E-state index contributed by atoms with van der Waals surface area (Å²) in [5, 5.41) is 0. The lowest BCUT2D eigenvalue weighted by Gasteiger charge is -2.30. The van der Waals surface area contributed by atoms with Crippen LogP contribution >= 0.6 is 0 Å². The maximum absolute atomic E-state index is 12.1. The number of rotatable bonds is 9. The summed E-state index contributed by atoms with van der Waals surface area (Å²) < 4.78 is 5.60. The minimum Gasteiger partial charge on any atom is -0.376 e. The second kappa shape index (κ2) is 10.2. The van der Waals surface area contributed by atoms with E-state index in [0.29, 0.717) is 19.6 Å². The summed E-state index contributed by atoms with van der Waals surface area (Å²) >= 11 is 0. The molecule has 0 bridgehead atoms. The van der Waals surface area contributed by atoms with Crippen LogP contribution in [-0.4, -0.2) is 29.5 Å². The summed E-state index contributed by atoms with van der Waals surface area (Å²) in [7, 11) is 0. The van der Waals surface area contributed by atoms with Crippen molar-refractivity contribution in [1.29, 1.82) is 0 Å². The topological polar surface area (TPSA) is 29.5 Å². The molecule has 1 aromatic rings. The van der Waals surface area contributed by atoms with Gasteiger partial charge in [0.2, 0.25) is 5.91 Å². The molecule has 0 N–H and O–H groups in total. The zero-order valence-corrected chi connectivity index (χ0v) is 14.3. The quantitative estimate of drug-likeness (QED) is 0.506. The average molecular weight is 303 g/mol. The molecule has 0 saturated heterocycles. The predicted octanol–water partition coefficient (Wildman–Crippen LogP) is 4.19. The molecule has 122 valence electrons. The minimum absolute atomic E-state index is 0.187. The van der Waals surface area contributed by atoms with Crippen molar-refractivity contribution in [1.82, 2.24) is 4.90 Å². The summed E-state index contributed by atoms with van der Waals surface area (Å²) in [4.78, 5) is 14.1. The second-order valence-corrected chi connectivity index (χ2v) is 5.99. The molecule has 1 rings (SSSR count). The fourth-order valence-electron chi connectivity index (χ4n) is 2.50. The van der Waals surface area contributed by atoms with Gasteiger partial charge in [-0.1, -0.05) is 42.5 Å². The van der Waals surface area contributed by atoms with Gasteiger partial charge in [-0.25, -0.2) is 0 Å². The van der Waals surface area contributed by atoms with E-state index in [-0.39, 0.29) is 18.0 Å². The molecule has 0 spiro atoms. The lowest BCUT2D eigenvalue weighted by Crippen LogP contribution is -2.41. The van der Waals surface area contributed by atoms with Crippen molar-refractivity contribution >= 4 is 5.91 Å². The molecule has 0 atom stereocenters. The van der Waals surface area contributed by atoms with Crippen molar-refractivity contribution in [2.24, 2.45) is 0 Å². The summed E-state index contributed by atoms with van der Waals surface area (Å²) in [5.74, 6) is 0.187. The zero-order valence-electron chi connectivity index (χ0n) is 14.3. The first-order valence-corrected chi connectivity index (χ1v) is 8.10. The maximum atomic E-state index is 12.1. The molecule has 3 nitrogen and oxygen atoms in total. The number of carbonyl (C=O) groups excluding carboxylic acids is 1. The van der Waals surface area contributed by atoms with Crippen LogP contribution < -0.4 is 0 Å². The van der Waals surface area contributed by atoms with E-state index in [4.69, 9.17) is 4.74 Å². The van der Waals surface area contributed by atoms with E-state index in [1.165, 1.54) is 5.56 Å². The van der Waals surface area contributed by atoms with Crippen molar-refractivity contribution in [3.05, 3.63) is 48.0 Å². The second-order valence-electron chi connectivity index (χ2n) is 5.99. The minimum atomic E-state index is 0.187. The highest BCUT2D eigenvalue weighted by molar-refractivity contribution is 5.78. The van der Waals surface area contributed by atoms with Crippen LogP contribution in [0, 0.1) is 0 Å². The Morgan fingerprint density at radius 2 is 1.73 bits per heavy atom. The van der Waals surface area contributed by atoms with Crippen LogP contribution in [0.25, 0.3) is 0 Å². The van der Waals surface area contributed by atoms with Gasteiger partial charge >= 0.3 is 0 Å². The Hall–Kier alpha value is -1.61. The molecular formula is C19H29NO2. The van der Waals surface area contributed by atoms with Gasteiger partial charge in [-0.15, -0.1) is 0 Å². The maximum Gasteiger partial charge on any atom is 0.226 e. The molecule has 0 heterocycles. The van der Waals surface area contributed by atoms with Gasteiger partial charge in [0, 0.05) is 18.5 Å². The van der Waals surface area contributed by atoms with E-state index in [9.17, 15) is 4.79 Å². The smallest absolute Gasteiger partial charge is 0.226 e. The van der Waals surface area contributed by atoms with Crippen LogP contribution in [0.2, 0.25) is 0 Å². The first kappa shape index (κ1) is 18.4. The molecule has 0 aliphatic carbocycles. The highest BCUT2D eigenvalue weighted by Crippen LogP contribution is 2.08. The predicted molar refractivity (Wildman–Crippen MR) is 91.6 cm³/mol. The van der Waals surface area contributed by atoms with Crippen molar-refractivity contribution in [2.75, 3.05) is 6.61 Å². The molecule has 0 radical (unpaired) electrons. The number of ether oxygens (including phenoxy) is 1. The first-order chi connectivity index (χ1) is 10.5. The normalized spacial score (nSPS) is 11.5. The summed E-state index contributed by atoms with van der Waals surface area (Å²) in [6.45, 7) is 9.54. The lowest BCUT2D eigenvalue weighted by molar-refractivity contribution is -0.133. The fourth-order valence-corrected chi connectivity index (χ4v) is 2.50. The number of benzene rings is 1. The lowest BCUT2D eigenvalue weighted by atomic mass is 10.2. The number of hydrogen-bond acceptors (Lipinski definition) is 2. The molecule has 22 heavy (non-hydrogen) atoms. The monoisotopic (exact) mass is 303 g/mol. The van der Waals surface area contributed by atoms with Gasteiger partial charge in [-0.05, 0) is 39.7 Å². The SMILES string of the molecule is CC(C)N(C(=O)C/C=C/CCOCc1ccccc1)C(C)C. The van der Waals surface area contributed by atoms with Crippen LogP contribution in [0.3, 0.4) is 0 Å². The fraction of sp³-hybridized carbons (Fsp3) is 0.526. The Morgan fingerprint density at radius 3 is 2.32 bits per heavy atom. The largest absolute Gasteiger partial charge is 0.376 e. The molecule has 3 heteroatoms. The van der Waals surface area contributed by atoms with Crippen LogP contribution in [0.1, 0.15) is 46.1 Å². The van der Waals surface area contributed by atoms with Gasteiger partial charge in [0.25, 0.3) is 0 Å². The Bertz CT molecular complexity index is 444. The third-order valence-corrected chi connectivity index (χ3v) is 3.40. The molecule has 0 aliphatic rings. The van der Waals surface area contributed by atoms with Gasteiger partial charge in [-0.2, -0.15) is 0 Å². The van der Waals surface area contributed by atoms with Crippen molar-refractivity contribution in [3.63, 3.8) is 0 Å². The van der Waals surface area contributed by atoms with E-state index in [1.54, 1.807) is 0 Å². The van der Waals surface area contributed by atoms with E-state index in [1.807, 2.05) is 35.3 Å². The van der Waals surface area contributed by atoms with E-state index >= 15 is 0 Å². The Kier molecular flexibility index (Phi) is 8.53. The summed E-state index contributed by atoms with van der Waals surface area (Å²) in [6.07, 6.45) is 5.28. The van der Waals surface area contributed by atoms with Crippen LogP contribution in [0.5, 0.6) is 0 Å². The number of hydrogen-bond donors (Lipinski definition) is 0. The van der Waals surface area contributed by atoms with E-state index < -0.39 is 0 Å². The average Bonchev–Trinajstić information content (AvgIpc) is 2.46. The van der Waals surface area contributed by atoms with Crippen LogP contribution in [0.4, 0.5) is 0 Å². The van der Waals surface area contributed by atoms with Crippen molar-refractivity contribution < 1.29 is 9.53 Å². The number of amides is 1. The third-order valence-electron chi connectivity index (χ3n) is 3.40. The number of nitrogens with zero attached hydrogens (tertiary/aromatic N) is 1. The molecule has 0 fully saturated rings. The molecule has 1 amide bonds. The van der Waals surface area contributed by atoms with Crippen LogP contribution in [-0.2, 0) is 16.1 Å². The van der Waals surface area contributed by atoms with Gasteiger partial charge in [0.15, 0.2) is 0 Å². The molecule has 0 aliphatic heterocycles. The van der Waals surface area contributed by atoms with Gasteiger partial charge in [0.05, 0.1) is 13.2 Å². The molecule has 1 aromatic carbocycles. The third kappa shape index (κ3) is 6.90. The van der Waals surface area contributed by atoms with E-state index in [2.05, 4.69) is 39.8 Å². The Labute approximate surface area is 135 Å². The van der Waals surface area contributed by atoms with Gasteiger partial charge < -0.3 is 9.64 Å². The van der Waals surface area contributed by atoms with Crippen LogP contribution in [0.15, 0.2) is 42.5 Å². The number of carbonyl (C=O) groups is 1. The Balaban J connectivity index is 2.19. The first-order valence-electron chi connectivity index (χ1n) is 8.10. The standard InChI is InChI=1S/C19H29NO2/c1-16(2)20(17(3)4)19(21)13-9-6-10-14-22-15-18-11-7-5-8-12-18/h5-9,11-12,16-17H,10,13-15H2,1-4H3/b9-6+. The molecule has 0 unspecified atom stereocenters. The van der Waals surface area contributed by atoms with E-state index in [0.717, 1.165) is 6.42 Å². The Morgan fingerprint density at radius 1 is 1.09 bits per heavy atom.